The maximum atomic E-state index is 12.6. The fourth-order valence-electron chi connectivity index (χ4n) is 3.17. The van der Waals surface area contributed by atoms with Gasteiger partial charge in [-0.05, 0) is 42.3 Å². The topological polar surface area (TPSA) is 72.7 Å². The Kier molecular flexibility index (Phi) is 5.38. The van der Waals surface area contributed by atoms with Gasteiger partial charge in [0.2, 0.25) is 0 Å². The molecule has 0 aliphatic rings. The summed E-state index contributed by atoms with van der Waals surface area (Å²) >= 11 is 6.43. The van der Waals surface area contributed by atoms with Gasteiger partial charge in [-0.25, -0.2) is 4.98 Å². The van der Waals surface area contributed by atoms with E-state index in [2.05, 4.69) is 20.4 Å². The number of rotatable bonds is 4. The molecule has 0 aliphatic heterocycles. The van der Waals surface area contributed by atoms with Crippen molar-refractivity contribution in [2.75, 3.05) is 5.32 Å². The van der Waals surface area contributed by atoms with Crippen molar-refractivity contribution in [2.24, 2.45) is 7.05 Å². The predicted molar refractivity (Wildman–Crippen MR) is 122 cm³/mol. The molecule has 1 amide bonds. The molecule has 1 aromatic carbocycles. The minimum Gasteiger partial charge on any atom is -0.307 e. The zero-order valence-electron chi connectivity index (χ0n) is 16.8. The molecule has 6 nitrogen and oxygen atoms in total. The van der Waals surface area contributed by atoms with Crippen molar-refractivity contribution in [1.29, 1.82) is 0 Å². The molecular weight excluding hydrogens is 397 g/mol. The van der Waals surface area contributed by atoms with Crippen molar-refractivity contribution in [1.82, 2.24) is 19.7 Å². The van der Waals surface area contributed by atoms with E-state index in [0.29, 0.717) is 16.4 Å². The predicted octanol–water partition coefficient (Wildman–Crippen LogP) is 3.02. The minimum atomic E-state index is -0.236. The van der Waals surface area contributed by atoms with Crippen LogP contribution in [0.5, 0.6) is 0 Å². The van der Waals surface area contributed by atoms with E-state index < -0.39 is 0 Å². The lowest BCUT2D eigenvalue weighted by Crippen LogP contribution is -2.19. The quantitative estimate of drug-likeness (QED) is 0.520. The number of benzene rings is 1. The van der Waals surface area contributed by atoms with Gasteiger partial charge in [0.1, 0.15) is 13.7 Å². The summed E-state index contributed by atoms with van der Waals surface area (Å²) in [5.74, 6) is 0.227. The van der Waals surface area contributed by atoms with Gasteiger partial charge in [-0.3, -0.25) is 14.5 Å². The van der Waals surface area contributed by atoms with Crippen LogP contribution in [0.1, 0.15) is 15.9 Å². The lowest BCUT2D eigenvalue weighted by molar-refractivity contribution is 0.102. The zero-order valence-corrected chi connectivity index (χ0v) is 17.6. The van der Waals surface area contributed by atoms with Crippen LogP contribution in [0.2, 0.25) is 5.02 Å². The Hall–Kier alpha value is -3.45. The number of amides is 1. The van der Waals surface area contributed by atoms with Crippen molar-refractivity contribution in [3.63, 3.8) is 0 Å². The van der Waals surface area contributed by atoms with Crippen LogP contribution in [0, 0.1) is 6.92 Å². The van der Waals surface area contributed by atoms with Crippen LogP contribution in [0.25, 0.3) is 22.3 Å². The maximum Gasteiger partial charge on any atom is 0.258 e. The van der Waals surface area contributed by atoms with Gasteiger partial charge in [-0.2, -0.15) is 5.10 Å². The number of aryl methyl sites for hydroxylation is 1. The summed E-state index contributed by atoms with van der Waals surface area (Å²) in [6.45, 7) is 1.90. The van der Waals surface area contributed by atoms with Crippen LogP contribution in [-0.4, -0.2) is 33.5 Å². The van der Waals surface area contributed by atoms with Gasteiger partial charge in [0.05, 0.1) is 11.8 Å². The lowest BCUT2D eigenvalue weighted by atomic mass is 9.91. The van der Waals surface area contributed by atoms with E-state index >= 15 is 0 Å². The maximum absolute atomic E-state index is 12.6. The van der Waals surface area contributed by atoms with Crippen LogP contribution < -0.4 is 10.8 Å². The molecule has 8 heteroatoms. The smallest absolute Gasteiger partial charge is 0.258 e. The molecular formula is C22H19BClN5O. The number of nitrogens with one attached hydrogen (secondary N) is 1. The fraction of sp³-hybridized carbons (Fsp3) is 0.0909. The molecule has 0 saturated carbocycles. The molecule has 0 spiro atoms. The van der Waals surface area contributed by atoms with E-state index in [4.69, 9.17) is 11.6 Å². The van der Waals surface area contributed by atoms with Gasteiger partial charge < -0.3 is 5.32 Å². The minimum absolute atomic E-state index is 0.236. The molecule has 30 heavy (non-hydrogen) atoms. The molecule has 1 N–H and O–H groups in total. The Morgan fingerprint density at radius 1 is 1.07 bits per heavy atom. The molecule has 4 rings (SSSR count). The first-order chi connectivity index (χ1) is 14.4. The van der Waals surface area contributed by atoms with Crippen LogP contribution in [-0.2, 0) is 7.05 Å². The lowest BCUT2D eigenvalue weighted by Gasteiger charge is -2.10. The summed E-state index contributed by atoms with van der Waals surface area (Å²) in [5, 5.41) is 7.67. The highest BCUT2D eigenvalue weighted by atomic mass is 35.5. The average Bonchev–Trinajstić information content (AvgIpc) is 3.17. The van der Waals surface area contributed by atoms with E-state index in [1.807, 2.05) is 58.5 Å². The van der Waals surface area contributed by atoms with Crippen LogP contribution in [0.4, 0.5) is 5.82 Å². The molecule has 3 aromatic heterocycles. The first kappa shape index (κ1) is 19.9. The Balaban J connectivity index is 1.58. The van der Waals surface area contributed by atoms with Crippen molar-refractivity contribution in [3.05, 3.63) is 77.5 Å². The number of carbonyl (C=O) groups excluding carboxylic acids is 1. The summed E-state index contributed by atoms with van der Waals surface area (Å²) < 4.78 is 1.76. The first-order valence-corrected chi connectivity index (χ1v) is 9.77. The van der Waals surface area contributed by atoms with Gasteiger partial charge in [0.25, 0.3) is 5.91 Å². The SMILES string of the molecule is Bc1cncc(C(=O)Nc2ccc(-c3cc(-c4cnn(C)c4)ccc3Cl)cn2)c1C. The van der Waals surface area contributed by atoms with Crippen molar-refractivity contribution < 1.29 is 4.79 Å². The molecule has 0 radical (unpaired) electrons. The number of halogens is 1. The van der Waals surface area contributed by atoms with Crippen LogP contribution >= 0.6 is 11.6 Å². The number of pyridine rings is 2. The summed E-state index contributed by atoms with van der Waals surface area (Å²) in [6.07, 6.45) is 8.77. The number of hydrogen-bond donors (Lipinski definition) is 1. The van der Waals surface area contributed by atoms with E-state index in [0.717, 1.165) is 33.3 Å². The number of anilines is 1. The highest BCUT2D eigenvalue weighted by Gasteiger charge is 2.13. The third-order valence-electron chi connectivity index (χ3n) is 5.03. The molecule has 0 saturated heterocycles. The second-order valence-corrected chi connectivity index (χ2v) is 7.52. The molecule has 0 aliphatic carbocycles. The number of carbonyl (C=O) groups is 1. The second-order valence-electron chi connectivity index (χ2n) is 7.11. The number of aromatic nitrogens is 4. The number of nitrogens with zero attached hydrogens (tertiary/aromatic N) is 4. The molecule has 0 unspecified atom stereocenters. The van der Waals surface area contributed by atoms with Gasteiger partial charge in [-0.15, -0.1) is 0 Å². The average molecular weight is 416 g/mol. The first-order valence-electron chi connectivity index (χ1n) is 9.40. The highest BCUT2D eigenvalue weighted by Crippen LogP contribution is 2.32. The summed E-state index contributed by atoms with van der Waals surface area (Å²) in [5.41, 5.74) is 6.15. The third-order valence-corrected chi connectivity index (χ3v) is 5.36. The molecule has 4 aromatic rings. The van der Waals surface area contributed by atoms with E-state index in [1.165, 1.54) is 0 Å². The third kappa shape index (κ3) is 3.97. The summed E-state index contributed by atoms with van der Waals surface area (Å²) in [6, 6.07) is 9.49. The van der Waals surface area contributed by atoms with Crippen molar-refractivity contribution in [3.8, 4) is 22.3 Å². The Morgan fingerprint density at radius 2 is 1.87 bits per heavy atom. The fourth-order valence-corrected chi connectivity index (χ4v) is 3.39. The normalized spacial score (nSPS) is 10.8. The molecule has 0 atom stereocenters. The van der Waals surface area contributed by atoms with E-state index in [-0.39, 0.29) is 5.91 Å². The standard InChI is InChI=1S/C22H19BClN5O/c1-13-18(10-25-11-19(13)23)22(30)28-21-6-4-15(8-26-21)17-7-14(3-5-20(17)24)16-9-27-29(2)12-16/h3-12H,23H2,1-2H3,(H,26,28,30). The van der Waals surface area contributed by atoms with Crippen molar-refractivity contribution in [2.45, 2.75) is 6.92 Å². The second kappa shape index (κ2) is 8.12. The molecule has 0 fully saturated rings. The Labute approximate surface area is 180 Å². The zero-order chi connectivity index (χ0) is 21.3. The summed E-state index contributed by atoms with van der Waals surface area (Å²) in [4.78, 5) is 21.1. The highest BCUT2D eigenvalue weighted by molar-refractivity contribution is 6.34. The molecule has 148 valence electrons. The van der Waals surface area contributed by atoms with E-state index in [9.17, 15) is 4.79 Å². The largest absolute Gasteiger partial charge is 0.307 e. The van der Waals surface area contributed by atoms with E-state index in [1.54, 1.807) is 29.3 Å². The monoisotopic (exact) mass is 415 g/mol. The Bertz CT molecular complexity index is 1240. The van der Waals surface area contributed by atoms with Gasteiger partial charge >= 0.3 is 0 Å². The van der Waals surface area contributed by atoms with Gasteiger partial charge in [-0.1, -0.05) is 23.1 Å². The van der Waals surface area contributed by atoms with Gasteiger partial charge in [0.15, 0.2) is 0 Å². The summed E-state index contributed by atoms with van der Waals surface area (Å²) in [7, 11) is 3.81. The number of hydrogen-bond acceptors (Lipinski definition) is 4. The van der Waals surface area contributed by atoms with Crippen LogP contribution in [0.3, 0.4) is 0 Å². The van der Waals surface area contributed by atoms with Crippen LogP contribution in [0.15, 0.2) is 61.3 Å². The Morgan fingerprint density at radius 3 is 2.57 bits per heavy atom. The van der Waals surface area contributed by atoms with Gasteiger partial charge in [0, 0.05) is 53.5 Å². The molecule has 3 heterocycles. The van der Waals surface area contributed by atoms with Crippen molar-refractivity contribution >= 4 is 36.6 Å². The molecule has 0 bridgehead atoms.